The lowest BCUT2D eigenvalue weighted by Gasteiger charge is -2.22. The molecule has 0 aromatic rings. The van der Waals surface area contributed by atoms with E-state index in [1.54, 1.807) is 0 Å². The average molecular weight is 348 g/mol. The van der Waals surface area contributed by atoms with Gasteiger partial charge in [-0.25, -0.2) is 9.59 Å². The molecule has 0 radical (unpaired) electrons. The van der Waals surface area contributed by atoms with Crippen molar-refractivity contribution in [2.75, 3.05) is 13.2 Å². The van der Waals surface area contributed by atoms with Gasteiger partial charge in [0.1, 0.15) is 12.7 Å². The summed E-state index contributed by atoms with van der Waals surface area (Å²) in [5.74, 6) is -2.91. The Labute approximate surface area is 143 Å². The lowest BCUT2D eigenvalue weighted by Crippen LogP contribution is -2.42. The van der Waals surface area contributed by atoms with E-state index in [1.165, 1.54) is 0 Å². The number of rotatable bonds is 7. The van der Waals surface area contributed by atoms with Gasteiger partial charge in [0, 0.05) is 12.1 Å². The van der Waals surface area contributed by atoms with Crippen molar-refractivity contribution in [2.24, 2.45) is 17.0 Å². The standard InChI is InChI=1S/C14H30N2O2.C2H2O4/c1-10(2)13(11(3)4)16-18-9-12(17)8-15-14(5,6)7;3-1(4)2(5)6/h10-12,15,17H,8-9H2,1-7H3;(H,3,4)(H,5,6). The Kier molecular flexibility index (Phi) is 12.1. The van der Waals surface area contributed by atoms with E-state index in [0.29, 0.717) is 18.4 Å². The second-order valence-electron chi connectivity index (χ2n) is 7.02. The summed E-state index contributed by atoms with van der Waals surface area (Å²) >= 11 is 0. The van der Waals surface area contributed by atoms with Crippen LogP contribution < -0.4 is 5.32 Å². The summed E-state index contributed by atoms with van der Waals surface area (Å²) in [5, 5.41) is 31.9. The Morgan fingerprint density at radius 2 is 1.46 bits per heavy atom. The van der Waals surface area contributed by atoms with Crippen LogP contribution in [0.4, 0.5) is 0 Å². The number of aliphatic hydroxyl groups excluding tert-OH is 1. The van der Waals surface area contributed by atoms with Gasteiger partial charge in [0.15, 0.2) is 0 Å². The van der Waals surface area contributed by atoms with Gasteiger partial charge in [0.05, 0.1) is 5.71 Å². The van der Waals surface area contributed by atoms with E-state index in [4.69, 9.17) is 24.6 Å². The Balaban J connectivity index is 0. The van der Waals surface area contributed by atoms with E-state index in [1.807, 2.05) is 0 Å². The fraction of sp³-hybridized carbons (Fsp3) is 0.812. The molecular weight excluding hydrogens is 316 g/mol. The van der Waals surface area contributed by atoms with Crippen LogP contribution in [0.25, 0.3) is 0 Å². The molecule has 4 N–H and O–H groups in total. The fourth-order valence-corrected chi connectivity index (χ4v) is 1.56. The number of hydrogen-bond acceptors (Lipinski definition) is 6. The Morgan fingerprint density at radius 3 is 1.75 bits per heavy atom. The number of aliphatic carboxylic acids is 2. The molecule has 0 aromatic heterocycles. The van der Waals surface area contributed by atoms with Crippen molar-refractivity contribution < 1.29 is 29.7 Å². The first-order valence-electron chi connectivity index (χ1n) is 7.87. The third-order valence-corrected chi connectivity index (χ3v) is 2.67. The number of β-amino-alcohol motifs (C(OH)–C–C–N with tert-alkyl or cyclic N) is 1. The lowest BCUT2D eigenvalue weighted by atomic mass is 9.98. The molecule has 0 saturated carbocycles. The van der Waals surface area contributed by atoms with E-state index in [2.05, 4.69) is 58.9 Å². The minimum atomic E-state index is -1.82. The number of aliphatic hydroxyl groups is 1. The van der Waals surface area contributed by atoms with E-state index in [0.717, 1.165) is 5.71 Å². The Bertz CT molecular complexity index is 391. The second-order valence-corrected chi connectivity index (χ2v) is 7.02. The first-order chi connectivity index (χ1) is 10.8. The number of hydrogen-bond donors (Lipinski definition) is 4. The zero-order valence-corrected chi connectivity index (χ0v) is 15.7. The number of nitrogens with zero attached hydrogens (tertiary/aromatic N) is 1. The molecule has 1 unspecified atom stereocenters. The average Bonchev–Trinajstić information content (AvgIpc) is 2.40. The first kappa shape index (κ1) is 24.6. The predicted octanol–water partition coefficient (Wildman–Crippen LogP) is 1.58. The maximum atomic E-state index is 9.75. The molecular formula is C16H32N2O6. The van der Waals surface area contributed by atoms with Crippen LogP contribution in [-0.2, 0) is 14.4 Å². The van der Waals surface area contributed by atoms with E-state index < -0.39 is 18.0 Å². The molecule has 0 saturated heterocycles. The minimum absolute atomic E-state index is 0.00523. The quantitative estimate of drug-likeness (QED) is 0.312. The van der Waals surface area contributed by atoms with E-state index in [-0.39, 0.29) is 12.1 Å². The second kappa shape index (κ2) is 11.8. The normalized spacial score (nSPS) is 12.2. The molecule has 0 aliphatic heterocycles. The first-order valence-corrected chi connectivity index (χ1v) is 7.87. The number of nitrogens with one attached hydrogen (secondary N) is 1. The fourth-order valence-electron chi connectivity index (χ4n) is 1.56. The number of carbonyl (C=O) groups is 2. The lowest BCUT2D eigenvalue weighted by molar-refractivity contribution is -0.159. The van der Waals surface area contributed by atoms with Crippen molar-refractivity contribution in [1.29, 1.82) is 0 Å². The summed E-state index contributed by atoms with van der Waals surface area (Å²) < 4.78 is 0. The van der Waals surface area contributed by atoms with Gasteiger partial charge in [-0.15, -0.1) is 0 Å². The van der Waals surface area contributed by atoms with Gasteiger partial charge >= 0.3 is 11.9 Å². The van der Waals surface area contributed by atoms with Crippen molar-refractivity contribution in [2.45, 2.75) is 60.1 Å². The Hall–Kier alpha value is -1.67. The maximum Gasteiger partial charge on any atom is 0.414 e. The highest BCUT2D eigenvalue weighted by molar-refractivity contribution is 6.27. The largest absolute Gasteiger partial charge is 0.473 e. The van der Waals surface area contributed by atoms with Gasteiger partial charge in [0.2, 0.25) is 0 Å². The summed E-state index contributed by atoms with van der Waals surface area (Å²) in [4.78, 5) is 23.4. The van der Waals surface area contributed by atoms with Crippen molar-refractivity contribution in [3.8, 4) is 0 Å². The topological polar surface area (TPSA) is 128 Å². The van der Waals surface area contributed by atoms with Crippen molar-refractivity contribution in [3.05, 3.63) is 0 Å². The van der Waals surface area contributed by atoms with Crippen LogP contribution in [0.5, 0.6) is 0 Å². The molecule has 0 aromatic carbocycles. The Morgan fingerprint density at radius 1 is 1.04 bits per heavy atom. The number of carboxylic acids is 2. The van der Waals surface area contributed by atoms with Gasteiger partial charge in [-0.3, -0.25) is 0 Å². The van der Waals surface area contributed by atoms with Gasteiger partial charge in [0.25, 0.3) is 0 Å². The zero-order valence-electron chi connectivity index (χ0n) is 15.7. The smallest absolute Gasteiger partial charge is 0.414 e. The summed E-state index contributed by atoms with van der Waals surface area (Å²) in [6.07, 6.45) is -0.534. The van der Waals surface area contributed by atoms with Gasteiger partial charge < -0.3 is 25.5 Å². The van der Waals surface area contributed by atoms with Crippen LogP contribution >= 0.6 is 0 Å². The molecule has 0 aliphatic rings. The summed E-state index contributed by atoms with van der Waals surface area (Å²) in [7, 11) is 0. The van der Waals surface area contributed by atoms with Crippen LogP contribution in [0.1, 0.15) is 48.5 Å². The monoisotopic (exact) mass is 348 g/mol. The molecule has 0 fully saturated rings. The van der Waals surface area contributed by atoms with Gasteiger partial charge in [-0.1, -0.05) is 32.9 Å². The minimum Gasteiger partial charge on any atom is -0.473 e. The highest BCUT2D eigenvalue weighted by atomic mass is 16.6. The molecule has 8 nitrogen and oxygen atoms in total. The molecule has 24 heavy (non-hydrogen) atoms. The molecule has 0 amide bonds. The molecule has 0 rings (SSSR count). The molecule has 8 heteroatoms. The van der Waals surface area contributed by atoms with Gasteiger partial charge in [-0.05, 0) is 32.6 Å². The molecule has 1 atom stereocenters. The third-order valence-electron chi connectivity index (χ3n) is 2.67. The molecule has 0 bridgehead atoms. The SMILES string of the molecule is CC(C)C(=NOCC(O)CNC(C)(C)C)C(C)C.O=C(O)C(=O)O. The van der Waals surface area contributed by atoms with Crippen molar-refractivity contribution in [3.63, 3.8) is 0 Å². The van der Waals surface area contributed by atoms with Crippen LogP contribution in [0.15, 0.2) is 5.16 Å². The molecule has 0 spiro atoms. The predicted molar refractivity (Wildman–Crippen MR) is 92.1 cm³/mol. The number of carboxylic acid groups (broad SMARTS) is 2. The van der Waals surface area contributed by atoms with Crippen LogP contribution in [0, 0.1) is 11.8 Å². The molecule has 0 heterocycles. The van der Waals surface area contributed by atoms with Gasteiger partial charge in [-0.2, -0.15) is 0 Å². The summed E-state index contributed by atoms with van der Waals surface area (Å²) in [6, 6.07) is 0. The van der Waals surface area contributed by atoms with Crippen molar-refractivity contribution >= 4 is 17.7 Å². The summed E-state index contributed by atoms with van der Waals surface area (Å²) in [6.45, 7) is 15.3. The van der Waals surface area contributed by atoms with Crippen LogP contribution in [0.2, 0.25) is 0 Å². The van der Waals surface area contributed by atoms with Crippen LogP contribution in [0.3, 0.4) is 0 Å². The number of oxime groups is 1. The zero-order chi connectivity index (χ0) is 19.5. The summed E-state index contributed by atoms with van der Waals surface area (Å²) in [5.41, 5.74) is 1.04. The highest BCUT2D eigenvalue weighted by Gasteiger charge is 2.14. The van der Waals surface area contributed by atoms with E-state index >= 15 is 0 Å². The highest BCUT2D eigenvalue weighted by Crippen LogP contribution is 2.08. The van der Waals surface area contributed by atoms with E-state index in [9.17, 15) is 5.11 Å². The molecule has 142 valence electrons. The van der Waals surface area contributed by atoms with Crippen LogP contribution in [-0.4, -0.2) is 57.8 Å². The third kappa shape index (κ3) is 15.2. The maximum absolute atomic E-state index is 9.75. The van der Waals surface area contributed by atoms with Crippen molar-refractivity contribution in [1.82, 2.24) is 5.32 Å². The molecule has 0 aliphatic carbocycles.